The summed E-state index contributed by atoms with van der Waals surface area (Å²) in [6.07, 6.45) is 3.94. The van der Waals surface area contributed by atoms with E-state index in [1.807, 2.05) is 7.05 Å². The first kappa shape index (κ1) is 22.9. The van der Waals surface area contributed by atoms with Crippen LogP contribution in [0.2, 0.25) is 0 Å². The summed E-state index contributed by atoms with van der Waals surface area (Å²) >= 11 is 0. The summed E-state index contributed by atoms with van der Waals surface area (Å²) < 4.78 is 17.5. The summed E-state index contributed by atoms with van der Waals surface area (Å²) in [6, 6.07) is 0. The van der Waals surface area contributed by atoms with Crippen molar-refractivity contribution in [1.82, 2.24) is 10.2 Å². The van der Waals surface area contributed by atoms with Crippen molar-refractivity contribution < 1.29 is 14.2 Å². The Morgan fingerprint density at radius 1 is 1.28 bits per heavy atom. The van der Waals surface area contributed by atoms with Gasteiger partial charge < -0.3 is 24.4 Å². The lowest BCUT2D eigenvalue weighted by atomic mass is 10.0. The van der Waals surface area contributed by atoms with Gasteiger partial charge in [0.15, 0.2) is 5.96 Å². The highest BCUT2D eigenvalue weighted by Crippen LogP contribution is 2.21. The monoisotopic (exact) mass is 469 g/mol. The van der Waals surface area contributed by atoms with Crippen LogP contribution in [0.25, 0.3) is 0 Å². The van der Waals surface area contributed by atoms with Gasteiger partial charge in [0.1, 0.15) is 6.10 Å². The largest absolute Gasteiger partial charge is 0.378 e. The van der Waals surface area contributed by atoms with Gasteiger partial charge in [-0.05, 0) is 32.1 Å². The Kier molecular flexibility index (Phi) is 11.3. The van der Waals surface area contributed by atoms with Gasteiger partial charge in [-0.15, -0.1) is 24.0 Å². The van der Waals surface area contributed by atoms with Gasteiger partial charge in [0.2, 0.25) is 0 Å². The Balaban J connectivity index is 0.00000312. The molecule has 0 aromatic carbocycles. The molecule has 3 atom stereocenters. The number of nitrogens with one attached hydrogen (secondary N) is 1. The van der Waals surface area contributed by atoms with E-state index in [2.05, 4.69) is 36.0 Å². The molecule has 0 radical (unpaired) electrons. The Morgan fingerprint density at radius 3 is 2.64 bits per heavy atom. The molecule has 0 aliphatic carbocycles. The predicted molar refractivity (Wildman–Crippen MR) is 112 cm³/mol. The van der Waals surface area contributed by atoms with Crippen LogP contribution >= 0.6 is 24.0 Å². The average molecular weight is 469 g/mol. The van der Waals surface area contributed by atoms with Crippen molar-refractivity contribution in [2.75, 3.05) is 46.5 Å². The minimum absolute atomic E-state index is 0. The topological polar surface area (TPSA) is 55.3 Å². The molecule has 0 saturated carbocycles. The van der Waals surface area contributed by atoms with Gasteiger partial charge in [0, 0.05) is 39.9 Å². The van der Waals surface area contributed by atoms with Crippen molar-refractivity contribution in [1.29, 1.82) is 0 Å². The maximum atomic E-state index is 5.92. The predicted octanol–water partition coefficient (Wildman–Crippen LogP) is 2.51. The molecule has 25 heavy (non-hydrogen) atoms. The van der Waals surface area contributed by atoms with E-state index in [0.29, 0.717) is 12.0 Å². The van der Waals surface area contributed by atoms with Gasteiger partial charge in [0.25, 0.3) is 0 Å². The van der Waals surface area contributed by atoms with Crippen LogP contribution in [-0.4, -0.2) is 75.7 Å². The number of ether oxygens (including phenoxy) is 3. The summed E-state index contributed by atoms with van der Waals surface area (Å²) in [5.41, 5.74) is 0. The Morgan fingerprint density at radius 2 is 2.04 bits per heavy atom. The van der Waals surface area contributed by atoms with E-state index in [1.165, 1.54) is 0 Å². The quantitative estimate of drug-likeness (QED) is 0.353. The molecule has 3 unspecified atom stereocenters. The number of guanidine groups is 1. The number of nitrogens with zero attached hydrogens (tertiary/aromatic N) is 2. The van der Waals surface area contributed by atoms with E-state index in [1.54, 1.807) is 0 Å². The van der Waals surface area contributed by atoms with Crippen LogP contribution in [0.1, 0.15) is 40.0 Å². The van der Waals surface area contributed by atoms with Crippen LogP contribution in [0.4, 0.5) is 0 Å². The first-order chi connectivity index (χ1) is 11.7. The van der Waals surface area contributed by atoms with Gasteiger partial charge >= 0.3 is 0 Å². The van der Waals surface area contributed by atoms with Crippen molar-refractivity contribution in [2.24, 2.45) is 10.9 Å². The number of rotatable bonds is 7. The number of aliphatic imine (C=N–C) groups is 1. The molecule has 2 aliphatic rings. The third-order valence-corrected chi connectivity index (χ3v) is 4.82. The lowest BCUT2D eigenvalue weighted by Gasteiger charge is -2.37. The molecule has 2 aliphatic heterocycles. The summed E-state index contributed by atoms with van der Waals surface area (Å²) in [5.74, 6) is 1.49. The molecule has 0 aromatic heterocycles. The Labute approximate surface area is 170 Å². The molecule has 2 heterocycles. The third-order valence-electron chi connectivity index (χ3n) is 4.82. The van der Waals surface area contributed by atoms with Gasteiger partial charge in [-0.25, -0.2) is 0 Å². The molecule has 0 amide bonds. The molecule has 0 aromatic rings. The number of morpholine rings is 1. The van der Waals surface area contributed by atoms with E-state index < -0.39 is 0 Å². The highest BCUT2D eigenvalue weighted by molar-refractivity contribution is 14.0. The molecular weight excluding hydrogens is 433 g/mol. The SMILES string of the molecule is CCOC(CCNC(=NC)N1CCOC(C2CCCO2)C1)C(C)C.I. The van der Waals surface area contributed by atoms with Gasteiger partial charge in [-0.2, -0.15) is 0 Å². The molecule has 6 nitrogen and oxygen atoms in total. The fourth-order valence-electron chi connectivity index (χ4n) is 3.47. The standard InChI is InChI=1S/C18H35N3O3.HI/c1-5-22-15(14(2)3)8-9-20-18(19-4)21-10-12-24-17(13-21)16-7-6-11-23-16;/h14-17H,5-13H2,1-4H3,(H,19,20);1H. The van der Waals surface area contributed by atoms with Crippen molar-refractivity contribution in [3.05, 3.63) is 0 Å². The minimum atomic E-state index is 0. The summed E-state index contributed by atoms with van der Waals surface area (Å²) in [6.45, 7) is 11.4. The zero-order chi connectivity index (χ0) is 17.4. The summed E-state index contributed by atoms with van der Waals surface area (Å²) in [4.78, 5) is 6.75. The molecule has 2 saturated heterocycles. The molecule has 0 bridgehead atoms. The normalized spacial score (nSPS) is 25.8. The van der Waals surface area contributed by atoms with Crippen LogP contribution < -0.4 is 5.32 Å². The zero-order valence-electron chi connectivity index (χ0n) is 16.2. The molecule has 7 heteroatoms. The number of halogens is 1. The first-order valence-corrected chi connectivity index (χ1v) is 9.46. The highest BCUT2D eigenvalue weighted by Gasteiger charge is 2.32. The summed E-state index contributed by atoms with van der Waals surface area (Å²) in [7, 11) is 1.85. The molecule has 1 N–H and O–H groups in total. The van der Waals surface area contributed by atoms with Crippen LogP contribution in [0.5, 0.6) is 0 Å². The number of hydrogen-bond donors (Lipinski definition) is 1. The van der Waals surface area contributed by atoms with E-state index in [9.17, 15) is 0 Å². The second-order valence-corrected chi connectivity index (χ2v) is 6.91. The molecule has 2 fully saturated rings. The van der Waals surface area contributed by atoms with Crippen LogP contribution in [0.15, 0.2) is 4.99 Å². The van der Waals surface area contributed by atoms with E-state index in [4.69, 9.17) is 14.2 Å². The maximum absolute atomic E-state index is 5.92. The first-order valence-electron chi connectivity index (χ1n) is 9.46. The molecular formula is C18H36IN3O3. The fraction of sp³-hybridized carbons (Fsp3) is 0.944. The van der Waals surface area contributed by atoms with Crippen molar-refractivity contribution in [2.45, 2.75) is 58.3 Å². The second-order valence-electron chi connectivity index (χ2n) is 6.91. The van der Waals surface area contributed by atoms with E-state index >= 15 is 0 Å². The number of hydrogen-bond acceptors (Lipinski definition) is 4. The van der Waals surface area contributed by atoms with Crippen molar-refractivity contribution >= 4 is 29.9 Å². The van der Waals surface area contributed by atoms with Gasteiger partial charge in [0.05, 0.1) is 18.8 Å². The maximum Gasteiger partial charge on any atom is 0.193 e. The van der Waals surface area contributed by atoms with Crippen LogP contribution in [0.3, 0.4) is 0 Å². The Hall–Kier alpha value is -0.120. The van der Waals surface area contributed by atoms with Crippen molar-refractivity contribution in [3.63, 3.8) is 0 Å². The van der Waals surface area contributed by atoms with Crippen LogP contribution in [-0.2, 0) is 14.2 Å². The lowest BCUT2D eigenvalue weighted by molar-refractivity contribution is -0.0817. The zero-order valence-corrected chi connectivity index (χ0v) is 18.5. The van der Waals surface area contributed by atoms with E-state index in [-0.39, 0.29) is 36.2 Å². The molecule has 2 rings (SSSR count). The minimum Gasteiger partial charge on any atom is -0.378 e. The van der Waals surface area contributed by atoms with Gasteiger partial charge in [-0.3, -0.25) is 4.99 Å². The molecule has 148 valence electrons. The summed E-state index contributed by atoms with van der Waals surface area (Å²) in [5, 5.41) is 3.49. The second kappa shape index (κ2) is 12.3. The average Bonchev–Trinajstić information content (AvgIpc) is 3.12. The third kappa shape index (κ3) is 7.19. The fourth-order valence-corrected chi connectivity index (χ4v) is 3.47. The van der Waals surface area contributed by atoms with E-state index in [0.717, 1.165) is 64.7 Å². The Bertz CT molecular complexity index is 390. The molecule has 0 spiro atoms. The van der Waals surface area contributed by atoms with Crippen LogP contribution in [0, 0.1) is 5.92 Å². The lowest BCUT2D eigenvalue weighted by Crippen LogP contribution is -2.53. The highest BCUT2D eigenvalue weighted by atomic mass is 127. The smallest absolute Gasteiger partial charge is 0.193 e. The van der Waals surface area contributed by atoms with Crippen molar-refractivity contribution in [3.8, 4) is 0 Å². The van der Waals surface area contributed by atoms with Gasteiger partial charge in [-0.1, -0.05) is 13.8 Å².